The van der Waals surface area contributed by atoms with Crippen LogP contribution in [0.25, 0.3) is 0 Å². The lowest BCUT2D eigenvalue weighted by Gasteiger charge is -2.12. The van der Waals surface area contributed by atoms with Crippen molar-refractivity contribution >= 4 is 23.8 Å². The molecule has 0 aliphatic carbocycles. The van der Waals surface area contributed by atoms with Gasteiger partial charge < -0.3 is 16.0 Å². The van der Waals surface area contributed by atoms with Crippen molar-refractivity contribution in [1.29, 1.82) is 0 Å². The van der Waals surface area contributed by atoms with E-state index in [0.29, 0.717) is 18.4 Å². The van der Waals surface area contributed by atoms with Crippen molar-refractivity contribution in [2.24, 2.45) is 11.6 Å². The molecule has 1 aromatic heterocycles. The predicted octanol–water partition coefficient (Wildman–Crippen LogP) is -1.49. The lowest BCUT2D eigenvalue weighted by Crippen LogP contribution is -2.20. The SMILES string of the molecule is CN(C)c1nc(NN)nc(NCCC(N)=O)n1. The molecule has 17 heavy (non-hydrogen) atoms. The van der Waals surface area contributed by atoms with E-state index in [2.05, 4.69) is 25.7 Å². The minimum atomic E-state index is -0.392. The first-order chi connectivity index (χ1) is 8.02. The Morgan fingerprint density at radius 1 is 1.29 bits per heavy atom. The Balaban J connectivity index is 2.76. The monoisotopic (exact) mass is 240 g/mol. The molecule has 0 radical (unpaired) electrons. The van der Waals surface area contributed by atoms with E-state index < -0.39 is 5.91 Å². The maximum absolute atomic E-state index is 10.6. The van der Waals surface area contributed by atoms with Crippen LogP contribution in [0.2, 0.25) is 0 Å². The Hall–Kier alpha value is -2.16. The van der Waals surface area contributed by atoms with Gasteiger partial charge in [0.2, 0.25) is 23.8 Å². The summed E-state index contributed by atoms with van der Waals surface area (Å²) in [5, 5.41) is 2.86. The van der Waals surface area contributed by atoms with Crippen molar-refractivity contribution < 1.29 is 4.79 Å². The molecule has 0 aliphatic heterocycles. The molecule has 1 rings (SSSR count). The summed E-state index contributed by atoms with van der Waals surface area (Å²) in [7, 11) is 3.59. The summed E-state index contributed by atoms with van der Waals surface area (Å²) in [6, 6.07) is 0. The molecular formula is C8H16N8O. The van der Waals surface area contributed by atoms with Crippen LogP contribution in [0.15, 0.2) is 0 Å². The van der Waals surface area contributed by atoms with Crippen LogP contribution in [-0.2, 0) is 4.79 Å². The number of hydrogen-bond acceptors (Lipinski definition) is 8. The minimum absolute atomic E-state index is 0.203. The summed E-state index contributed by atoms with van der Waals surface area (Å²) in [6.45, 7) is 0.357. The van der Waals surface area contributed by atoms with Gasteiger partial charge in [0.05, 0.1) is 0 Å². The van der Waals surface area contributed by atoms with Crippen molar-refractivity contribution in [2.75, 3.05) is 36.3 Å². The molecule has 0 bridgehead atoms. The van der Waals surface area contributed by atoms with E-state index in [1.165, 1.54) is 0 Å². The molecule has 0 aromatic carbocycles. The van der Waals surface area contributed by atoms with Gasteiger partial charge in [-0.1, -0.05) is 0 Å². The van der Waals surface area contributed by atoms with Crippen LogP contribution in [0.3, 0.4) is 0 Å². The number of aromatic nitrogens is 3. The number of hydrogen-bond donors (Lipinski definition) is 4. The highest BCUT2D eigenvalue weighted by Crippen LogP contribution is 2.10. The maximum Gasteiger partial charge on any atom is 0.243 e. The quantitative estimate of drug-likeness (QED) is 0.349. The minimum Gasteiger partial charge on any atom is -0.370 e. The molecule has 0 atom stereocenters. The molecule has 9 heteroatoms. The van der Waals surface area contributed by atoms with Crippen LogP contribution < -0.4 is 27.2 Å². The lowest BCUT2D eigenvalue weighted by atomic mass is 10.4. The smallest absolute Gasteiger partial charge is 0.243 e. The zero-order valence-corrected chi connectivity index (χ0v) is 9.77. The zero-order valence-electron chi connectivity index (χ0n) is 9.77. The van der Waals surface area contributed by atoms with Gasteiger partial charge in [-0.3, -0.25) is 10.2 Å². The Morgan fingerprint density at radius 2 is 1.94 bits per heavy atom. The molecule has 9 nitrogen and oxygen atoms in total. The van der Waals surface area contributed by atoms with Crippen molar-refractivity contribution in [2.45, 2.75) is 6.42 Å². The highest BCUT2D eigenvalue weighted by Gasteiger charge is 2.07. The normalized spacial score (nSPS) is 9.82. The van der Waals surface area contributed by atoms with Gasteiger partial charge in [-0.2, -0.15) is 15.0 Å². The number of nitrogens with zero attached hydrogens (tertiary/aromatic N) is 4. The Morgan fingerprint density at radius 3 is 2.47 bits per heavy atom. The van der Waals surface area contributed by atoms with E-state index in [0.717, 1.165) is 0 Å². The Labute approximate surface area is 98.6 Å². The number of nitrogens with two attached hydrogens (primary N) is 2. The van der Waals surface area contributed by atoms with E-state index in [1.807, 2.05) is 0 Å². The molecule has 0 unspecified atom stereocenters. The second kappa shape index (κ2) is 5.80. The first kappa shape index (κ1) is 12.9. The number of nitrogen functional groups attached to an aromatic ring is 1. The molecule has 0 saturated carbocycles. The second-order valence-corrected chi connectivity index (χ2v) is 3.46. The predicted molar refractivity (Wildman–Crippen MR) is 64.3 cm³/mol. The van der Waals surface area contributed by atoms with Gasteiger partial charge >= 0.3 is 0 Å². The average molecular weight is 240 g/mol. The van der Waals surface area contributed by atoms with Crippen LogP contribution in [0.4, 0.5) is 17.8 Å². The first-order valence-electron chi connectivity index (χ1n) is 4.95. The van der Waals surface area contributed by atoms with Crippen molar-refractivity contribution in [3.63, 3.8) is 0 Å². The number of nitrogens with one attached hydrogen (secondary N) is 2. The van der Waals surface area contributed by atoms with Gasteiger partial charge in [-0.05, 0) is 0 Å². The summed E-state index contributed by atoms with van der Waals surface area (Å²) in [4.78, 5) is 24.4. The molecule has 6 N–H and O–H groups in total. The summed E-state index contributed by atoms with van der Waals surface area (Å²) in [5.41, 5.74) is 7.36. The summed E-state index contributed by atoms with van der Waals surface area (Å²) in [6.07, 6.45) is 0.203. The number of primary amides is 1. The van der Waals surface area contributed by atoms with Crippen LogP contribution in [0.5, 0.6) is 0 Å². The van der Waals surface area contributed by atoms with E-state index in [-0.39, 0.29) is 12.4 Å². The lowest BCUT2D eigenvalue weighted by molar-refractivity contribution is -0.117. The second-order valence-electron chi connectivity index (χ2n) is 3.46. The van der Waals surface area contributed by atoms with Crippen LogP contribution in [-0.4, -0.2) is 41.5 Å². The molecule has 94 valence electrons. The fourth-order valence-corrected chi connectivity index (χ4v) is 1.01. The summed E-state index contributed by atoms with van der Waals surface area (Å²) < 4.78 is 0. The number of amides is 1. The standard InChI is InChI=1S/C8H16N8O/c1-16(2)8-13-6(11-4-3-5(9)17)12-7(14-8)15-10/h3-4,10H2,1-2H3,(H2,9,17)(H2,11,12,13,14,15). The highest BCUT2D eigenvalue weighted by atomic mass is 16.1. The van der Waals surface area contributed by atoms with Crippen molar-refractivity contribution in [3.05, 3.63) is 0 Å². The molecule has 1 amide bonds. The van der Waals surface area contributed by atoms with E-state index in [4.69, 9.17) is 11.6 Å². The van der Waals surface area contributed by atoms with Crippen molar-refractivity contribution in [3.8, 4) is 0 Å². The van der Waals surface area contributed by atoms with Gasteiger partial charge in [0.15, 0.2) is 0 Å². The summed E-state index contributed by atoms with van der Waals surface area (Å²) >= 11 is 0. The topological polar surface area (TPSA) is 135 Å². The molecule has 0 aliphatic rings. The highest BCUT2D eigenvalue weighted by molar-refractivity contribution is 5.74. The van der Waals surface area contributed by atoms with E-state index >= 15 is 0 Å². The number of carbonyl (C=O) groups excluding carboxylic acids is 1. The average Bonchev–Trinajstić information content (AvgIpc) is 2.28. The third-order valence-electron chi connectivity index (χ3n) is 1.81. The summed E-state index contributed by atoms with van der Waals surface area (Å²) in [5.74, 6) is 5.88. The molecular weight excluding hydrogens is 224 g/mol. The first-order valence-corrected chi connectivity index (χ1v) is 4.95. The van der Waals surface area contributed by atoms with Gasteiger partial charge in [0, 0.05) is 27.1 Å². The number of rotatable bonds is 6. The molecule has 1 aromatic rings. The zero-order chi connectivity index (χ0) is 12.8. The number of carbonyl (C=O) groups is 1. The Bertz CT molecular complexity index is 393. The molecule has 1 heterocycles. The van der Waals surface area contributed by atoms with Crippen LogP contribution >= 0.6 is 0 Å². The maximum atomic E-state index is 10.6. The number of hydrazine groups is 1. The van der Waals surface area contributed by atoms with E-state index in [9.17, 15) is 4.79 Å². The van der Waals surface area contributed by atoms with Crippen molar-refractivity contribution in [1.82, 2.24) is 15.0 Å². The third-order valence-corrected chi connectivity index (χ3v) is 1.81. The fraction of sp³-hybridized carbons (Fsp3) is 0.500. The van der Waals surface area contributed by atoms with Crippen LogP contribution in [0.1, 0.15) is 6.42 Å². The third kappa shape index (κ3) is 4.07. The number of anilines is 3. The van der Waals surface area contributed by atoms with Gasteiger partial charge in [-0.15, -0.1) is 0 Å². The molecule has 0 saturated heterocycles. The molecule has 0 spiro atoms. The van der Waals surface area contributed by atoms with Gasteiger partial charge in [-0.25, -0.2) is 5.84 Å². The largest absolute Gasteiger partial charge is 0.370 e. The van der Waals surface area contributed by atoms with Crippen LogP contribution in [0, 0.1) is 0 Å². The molecule has 0 fully saturated rings. The van der Waals surface area contributed by atoms with E-state index in [1.54, 1.807) is 19.0 Å². The van der Waals surface area contributed by atoms with Gasteiger partial charge in [0.1, 0.15) is 0 Å². The fourth-order valence-electron chi connectivity index (χ4n) is 1.01. The van der Waals surface area contributed by atoms with Gasteiger partial charge in [0.25, 0.3) is 0 Å². The Kier molecular flexibility index (Phi) is 4.40.